The van der Waals surface area contributed by atoms with Gasteiger partial charge < -0.3 is 10.2 Å². The summed E-state index contributed by atoms with van der Waals surface area (Å²) in [6.07, 6.45) is 3.77. The van der Waals surface area contributed by atoms with Gasteiger partial charge in [0, 0.05) is 19.7 Å². The maximum absolute atomic E-state index is 10.7. The Morgan fingerprint density at radius 1 is 1.63 bits per heavy atom. The fourth-order valence-corrected chi connectivity index (χ4v) is 2.61. The van der Waals surface area contributed by atoms with Gasteiger partial charge in [-0.2, -0.15) is 0 Å². The van der Waals surface area contributed by atoms with Crippen LogP contribution in [0.5, 0.6) is 0 Å². The standard InChI is InChI=1S/C13H20N4O2/c1-10-6-12(17(18)19)8-15-13(10)16(2)9-11-4-3-5-14-7-11/h6,8,11,14H,3-5,7,9H2,1-2H3. The largest absolute Gasteiger partial charge is 0.359 e. The number of anilines is 1. The van der Waals surface area contributed by atoms with Crippen molar-refractivity contribution < 1.29 is 4.92 Å². The molecule has 0 spiro atoms. The average Bonchev–Trinajstić information content (AvgIpc) is 2.39. The van der Waals surface area contributed by atoms with Crippen molar-refractivity contribution in [3.63, 3.8) is 0 Å². The third kappa shape index (κ3) is 3.41. The van der Waals surface area contributed by atoms with E-state index in [0.29, 0.717) is 5.92 Å². The van der Waals surface area contributed by atoms with Crippen molar-refractivity contribution in [1.29, 1.82) is 0 Å². The fourth-order valence-electron chi connectivity index (χ4n) is 2.61. The van der Waals surface area contributed by atoms with Crippen LogP contribution in [0.1, 0.15) is 18.4 Å². The predicted octanol–water partition coefficient (Wildman–Crippen LogP) is 1.73. The van der Waals surface area contributed by atoms with Crippen molar-refractivity contribution in [3.8, 4) is 0 Å². The quantitative estimate of drug-likeness (QED) is 0.662. The summed E-state index contributed by atoms with van der Waals surface area (Å²) in [6.45, 7) is 4.94. The van der Waals surface area contributed by atoms with E-state index in [1.54, 1.807) is 6.07 Å². The van der Waals surface area contributed by atoms with Gasteiger partial charge in [-0.25, -0.2) is 4.98 Å². The minimum atomic E-state index is -0.408. The molecule has 1 aromatic heterocycles. The zero-order valence-corrected chi connectivity index (χ0v) is 11.4. The van der Waals surface area contributed by atoms with Gasteiger partial charge in [0.15, 0.2) is 0 Å². The lowest BCUT2D eigenvalue weighted by molar-refractivity contribution is -0.385. The lowest BCUT2D eigenvalue weighted by Gasteiger charge is -2.28. The number of pyridine rings is 1. The maximum atomic E-state index is 10.7. The molecule has 1 saturated heterocycles. The van der Waals surface area contributed by atoms with E-state index in [1.165, 1.54) is 19.0 Å². The van der Waals surface area contributed by atoms with Gasteiger partial charge in [-0.1, -0.05) is 0 Å². The third-order valence-corrected chi connectivity index (χ3v) is 3.54. The van der Waals surface area contributed by atoms with E-state index in [-0.39, 0.29) is 5.69 Å². The average molecular weight is 264 g/mol. The van der Waals surface area contributed by atoms with E-state index in [4.69, 9.17) is 0 Å². The van der Waals surface area contributed by atoms with Crippen LogP contribution in [0.2, 0.25) is 0 Å². The predicted molar refractivity (Wildman–Crippen MR) is 74.5 cm³/mol. The first-order valence-electron chi connectivity index (χ1n) is 6.61. The molecule has 0 saturated carbocycles. The minimum absolute atomic E-state index is 0.0500. The molecule has 0 aliphatic carbocycles. The summed E-state index contributed by atoms with van der Waals surface area (Å²) in [5, 5.41) is 14.1. The molecule has 0 aromatic carbocycles. The minimum Gasteiger partial charge on any atom is -0.359 e. The van der Waals surface area contributed by atoms with Crippen molar-refractivity contribution in [1.82, 2.24) is 10.3 Å². The molecule has 1 aliphatic rings. The lowest BCUT2D eigenvalue weighted by Crippen LogP contribution is -2.37. The second-order valence-electron chi connectivity index (χ2n) is 5.18. The number of piperidine rings is 1. The van der Waals surface area contributed by atoms with Crippen LogP contribution in [0, 0.1) is 23.0 Å². The highest BCUT2D eigenvalue weighted by Crippen LogP contribution is 2.22. The van der Waals surface area contributed by atoms with Gasteiger partial charge in [0.1, 0.15) is 12.0 Å². The van der Waals surface area contributed by atoms with Crippen molar-refractivity contribution >= 4 is 11.5 Å². The molecule has 1 aliphatic heterocycles. The number of nitrogens with zero attached hydrogens (tertiary/aromatic N) is 3. The first kappa shape index (κ1) is 13.7. The Morgan fingerprint density at radius 2 is 2.42 bits per heavy atom. The lowest BCUT2D eigenvalue weighted by atomic mass is 9.99. The molecule has 1 aromatic rings. The van der Waals surface area contributed by atoms with E-state index in [1.807, 2.05) is 14.0 Å². The first-order chi connectivity index (χ1) is 9.08. The molecule has 19 heavy (non-hydrogen) atoms. The molecule has 0 radical (unpaired) electrons. The van der Waals surface area contributed by atoms with Crippen LogP contribution in [0.15, 0.2) is 12.3 Å². The Balaban J connectivity index is 2.05. The summed E-state index contributed by atoms with van der Waals surface area (Å²) in [5.41, 5.74) is 0.898. The van der Waals surface area contributed by atoms with Crippen LogP contribution in [0.25, 0.3) is 0 Å². The second kappa shape index (κ2) is 5.97. The van der Waals surface area contributed by atoms with E-state index >= 15 is 0 Å². The number of hydrogen-bond acceptors (Lipinski definition) is 5. The molecule has 1 N–H and O–H groups in total. The SMILES string of the molecule is Cc1cc([N+](=O)[O-])cnc1N(C)CC1CCCNC1. The Labute approximate surface area is 113 Å². The highest BCUT2D eigenvalue weighted by Gasteiger charge is 2.18. The third-order valence-electron chi connectivity index (χ3n) is 3.54. The molecule has 1 atom stereocenters. The number of rotatable bonds is 4. The molecule has 1 fully saturated rings. The van der Waals surface area contributed by atoms with Gasteiger partial charge in [-0.3, -0.25) is 10.1 Å². The van der Waals surface area contributed by atoms with Gasteiger partial charge in [-0.15, -0.1) is 0 Å². The van der Waals surface area contributed by atoms with Gasteiger partial charge in [0.2, 0.25) is 0 Å². The number of aryl methyl sites for hydroxylation is 1. The topological polar surface area (TPSA) is 71.3 Å². The molecule has 0 bridgehead atoms. The molecule has 2 rings (SSSR count). The van der Waals surface area contributed by atoms with Crippen LogP contribution in [0.4, 0.5) is 11.5 Å². The van der Waals surface area contributed by atoms with Gasteiger partial charge in [-0.05, 0) is 44.3 Å². The Morgan fingerprint density at radius 3 is 3.00 bits per heavy atom. The smallest absolute Gasteiger partial charge is 0.287 e. The van der Waals surface area contributed by atoms with Crippen LogP contribution < -0.4 is 10.2 Å². The zero-order chi connectivity index (χ0) is 13.8. The molecule has 6 heteroatoms. The van der Waals surface area contributed by atoms with Crippen LogP contribution in [-0.4, -0.2) is 36.6 Å². The van der Waals surface area contributed by atoms with E-state index in [9.17, 15) is 10.1 Å². The summed E-state index contributed by atoms with van der Waals surface area (Å²) in [4.78, 5) is 16.6. The van der Waals surface area contributed by atoms with E-state index < -0.39 is 4.92 Å². The second-order valence-corrected chi connectivity index (χ2v) is 5.18. The maximum Gasteiger partial charge on any atom is 0.287 e. The van der Waals surface area contributed by atoms with Crippen LogP contribution >= 0.6 is 0 Å². The molecule has 2 heterocycles. The molecule has 0 amide bonds. The summed E-state index contributed by atoms with van der Waals surface area (Å²) >= 11 is 0. The first-order valence-corrected chi connectivity index (χ1v) is 6.61. The Hall–Kier alpha value is -1.69. The van der Waals surface area contributed by atoms with Gasteiger partial charge in [0.05, 0.1) is 4.92 Å². The zero-order valence-electron chi connectivity index (χ0n) is 11.4. The summed E-state index contributed by atoms with van der Waals surface area (Å²) in [7, 11) is 2.00. The van der Waals surface area contributed by atoms with E-state index in [0.717, 1.165) is 31.0 Å². The van der Waals surface area contributed by atoms with Crippen molar-refractivity contribution in [3.05, 3.63) is 27.9 Å². The number of nitrogens with one attached hydrogen (secondary N) is 1. The van der Waals surface area contributed by atoms with Crippen molar-refractivity contribution in [2.75, 3.05) is 31.6 Å². The van der Waals surface area contributed by atoms with Gasteiger partial charge in [0.25, 0.3) is 5.69 Å². The normalized spacial score (nSPS) is 19.2. The molecule has 104 valence electrons. The fraction of sp³-hybridized carbons (Fsp3) is 0.615. The Kier molecular flexibility index (Phi) is 4.31. The number of nitro groups is 1. The van der Waals surface area contributed by atoms with Crippen LogP contribution in [-0.2, 0) is 0 Å². The van der Waals surface area contributed by atoms with Gasteiger partial charge >= 0.3 is 0 Å². The summed E-state index contributed by atoms with van der Waals surface area (Å²) in [5.74, 6) is 1.45. The van der Waals surface area contributed by atoms with Crippen molar-refractivity contribution in [2.24, 2.45) is 5.92 Å². The summed E-state index contributed by atoms with van der Waals surface area (Å²) < 4.78 is 0. The Bertz CT molecular complexity index is 458. The number of hydrogen-bond donors (Lipinski definition) is 1. The van der Waals surface area contributed by atoms with Crippen LogP contribution in [0.3, 0.4) is 0 Å². The van der Waals surface area contributed by atoms with Crippen molar-refractivity contribution in [2.45, 2.75) is 19.8 Å². The highest BCUT2D eigenvalue weighted by molar-refractivity contribution is 5.49. The molecular weight excluding hydrogens is 244 g/mol. The molecular formula is C13H20N4O2. The number of aromatic nitrogens is 1. The molecule has 1 unspecified atom stereocenters. The summed E-state index contributed by atoms with van der Waals surface area (Å²) in [6, 6.07) is 1.58. The molecule has 6 nitrogen and oxygen atoms in total. The monoisotopic (exact) mass is 264 g/mol. The van der Waals surface area contributed by atoms with E-state index in [2.05, 4.69) is 15.2 Å². The highest BCUT2D eigenvalue weighted by atomic mass is 16.6.